The smallest absolute Gasteiger partial charge is 0.318 e. The van der Waals surface area contributed by atoms with Crippen molar-refractivity contribution in [2.24, 2.45) is 0 Å². The van der Waals surface area contributed by atoms with E-state index < -0.39 is 0 Å². The van der Waals surface area contributed by atoms with Gasteiger partial charge in [0, 0.05) is 58.9 Å². The van der Waals surface area contributed by atoms with E-state index in [9.17, 15) is 28.8 Å². The van der Waals surface area contributed by atoms with Crippen LogP contribution in [-0.4, -0.2) is 208 Å². The van der Waals surface area contributed by atoms with Gasteiger partial charge in [-0.25, -0.2) is 0 Å². The number of esters is 6. The first-order valence-corrected chi connectivity index (χ1v) is 41.4. The van der Waals surface area contributed by atoms with E-state index in [4.69, 9.17) is 28.4 Å². The fourth-order valence-electron chi connectivity index (χ4n) is 10.7. The molecule has 3 atom stereocenters. The summed E-state index contributed by atoms with van der Waals surface area (Å²) in [4.78, 5) is 84.6. The van der Waals surface area contributed by atoms with Crippen LogP contribution in [0.1, 0.15) is 292 Å². The molecule has 0 saturated heterocycles. The number of carbonyl (C=O) groups excluding carboxylic acids is 6. The average molecular weight is 1390 g/mol. The molecule has 0 bridgehead atoms. The van der Waals surface area contributed by atoms with Crippen LogP contribution in [0, 0.1) is 0 Å². The normalized spacial score (nSPS) is 12.6. The van der Waals surface area contributed by atoms with E-state index in [0.717, 1.165) is 36.5 Å². The molecule has 0 rings (SSSR count). The minimum absolute atomic E-state index is 0.0238. The molecule has 16 nitrogen and oxygen atoms in total. The molecule has 3 unspecified atom stereocenters. The van der Waals surface area contributed by atoms with Crippen molar-refractivity contribution in [2.45, 2.75) is 308 Å². The van der Waals surface area contributed by atoms with Crippen molar-refractivity contribution < 1.29 is 57.2 Å². The predicted molar refractivity (Wildman–Crippen MR) is 398 cm³/mol. The summed E-state index contributed by atoms with van der Waals surface area (Å²) in [7, 11) is 5.92. The Morgan fingerprint density at radius 1 is 0.266 bits per heavy atom. The molecule has 0 N–H and O–H groups in total. The van der Waals surface area contributed by atoms with Gasteiger partial charge in [0.2, 0.25) is 0 Å². The Kier molecular flexibility index (Phi) is 67.5. The van der Waals surface area contributed by atoms with Gasteiger partial charge in [-0.1, -0.05) is 233 Å². The number of ether oxygens (including phenoxy) is 6. The van der Waals surface area contributed by atoms with Gasteiger partial charge < -0.3 is 43.1 Å². The highest BCUT2D eigenvalue weighted by molar-refractivity contribution is 8.01. The van der Waals surface area contributed by atoms with E-state index in [1.165, 1.54) is 212 Å². The third-order valence-corrected chi connectivity index (χ3v) is 21.0. The molecular formula is C75H144N4O12S3. The zero-order chi connectivity index (χ0) is 69.2. The molecule has 0 aliphatic rings. The summed E-state index contributed by atoms with van der Waals surface area (Å²) >= 11 is 4.88. The number of thioether (sulfide) groups is 3. The number of rotatable bonds is 72. The molecule has 0 aromatic carbocycles. The van der Waals surface area contributed by atoms with Gasteiger partial charge in [0.05, 0.1) is 35.0 Å². The lowest BCUT2D eigenvalue weighted by Crippen LogP contribution is -2.42. The lowest BCUT2D eigenvalue weighted by atomic mass is 10.1. The second-order valence-corrected chi connectivity index (χ2v) is 30.7. The summed E-state index contributed by atoms with van der Waals surface area (Å²) in [5.74, 6) is 0.942. The molecular weight excluding hydrogens is 1250 g/mol. The quantitative estimate of drug-likeness (QED) is 0.0320. The van der Waals surface area contributed by atoms with Crippen molar-refractivity contribution in [3.8, 4) is 0 Å². The van der Waals surface area contributed by atoms with E-state index in [1.807, 2.05) is 41.9 Å². The average Bonchev–Trinajstić information content (AvgIpc) is 2.95. The fraction of sp³-hybridized carbons (Fsp3) is 0.920. The topological polar surface area (TPSA) is 171 Å². The lowest BCUT2D eigenvalue weighted by Gasteiger charge is -2.29. The lowest BCUT2D eigenvalue weighted by molar-refractivity contribution is -0.151. The predicted octanol–water partition coefficient (Wildman–Crippen LogP) is 17.0. The second-order valence-electron chi connectivity index (χ2n) is 26.4. The van der Waals surface area contributed by atoms with Crippen molar-refractivity contribution in [3.05, 3.63) is 0 Å². The summed E-state index contributed by atoms with van der Waals surface area (Å²) in [6, 6.07) is 0. The Labute approximate surface area is 589 Å². The number of hydrogen-bond acceptors (Lipinski definition) is 19. The maximum absolute atomic E-state index is 12.7. The van der Waals surface area contributed by atoms with Gasteiger partial charge in [0.1, 0.15) is 39.6 Å². The minimum atomic E-state index is -0.343. The Bertz CT molecular complexity index is 1580. The standard InChI is InChI=1S/C75H144N4O12S3/c1-10-13-16-19-22-25-28-31-34-37-40-43-64-92-67(4)73(83)89-61-58-86-70(80)46-49-76(7)52-55-79(56-53-77(8)50-47-71(81)87-59-62-90-74(84)68(5)93-65-44-41-38-35-32-29-26-23-20-17-14-11-2)57-54-78(9)51-48-72(82)88-60-63-91-75(85)69(6)94-66-45-42-39-36-33-30-27-24-21-18-15-12-3/h67-69H,10-66H2,1-9H3. The van der Waals surface area contributed by atoms with E-state index in [0.29, 0.717) is 58.9 Å². The molecule has 0 aliphatic carbocycles. The van der Waals surface area contributed by atoms with Crippen molar-refractivity contribution in [3.63, 3.8) is 0 Å². The largest absolute Gasteiger partial charge is 0.462 e. The van der Waals surface area contributed by atoms with Crippen LogP contribution in [0.2, 0.25) is 0 Å². The van der Waals surface area contributed by atoms with E-state index in [1.54, 1.807) is 35.3 Å². The molecule has 0 spiro atoms. The van der Waals surface area contributed by atoms with Gasteiger partial charge in [-0.05, 0) is 78.4 Å². The molecule has 0 aliphatic heterocycles. The van der Waals surface area contributed by atoms with Gasteiger partial charge in [0.15, 0.2) is 0 Å². The summed E-state index contributed by atoms with van der Waals surface area (Å²) in [6.45, 7) is 18.3. The monoisotopic (exact) mass is 1390 g/mol. The van der Waals surface area contributed by atoms with Crippen LogP contribution in [0.25, 0.3) is 0 Å². The van der Waals surface area contributed by atoms with Crippen molar-refractivity contribution >= 4 is 71.1 Å². The van der Waals surface area contributed by atoms with Gasteiger partial charge in [-0.15, -0.1) is 35.3 Å². The first-order valence-electron chi connectivity index (χ1n) is 38.2. The third kappa shape index (κ3) is 63.2. The van der Waals surface area contributed by atoms with Crippen LogP contribution in [0.15, 0.2) is 0 Å². The first-order chi connectivity index (χ1) is 45.6. The molecule has 0 radical (unpaired) electrons. The number of nitrogens with zero attached hydrogens (tertiary/aromatic N) is 4. The molecule has 0 saturated carbocycles. The maximum atomic E-state index is 12.7. The maximum Gasteiger partial charge on any atom is 0.318 e. The van der Waals surface area contributed by atoms with Crippen LogP contribution in [0.3, 0.4) is 0 Å². The molecule has 0 aromatic rings. The Balaban J connectivity index is 4.81. The highest BCUT2D eigenvalue weighted by Gasteiger charge is 2.19. The van der Waals surface area contributed by atoms with Crippen LogP contribution in [0.4, 0.5) is 0 Å². The van der Waals surface area contributed by atoms with Crippen LogP contribution in [0.5, 0.6) is 0 Å². The highest BCUT2D eigenvalue weighted by atomic mass is 32.2. The summed E-state index contributed by atoms with van der Waals surface area (Å²) in [5.41, 5.74) is 0. The highest BCUT2D eigenvalue weighted by Crippen LogP contribution is 2.21. The zero-order valence-electron chi connectivity index (χ0n) is 61.9. The summed E-state index contributed by atoms with van der Waals surface area (Å²) < 4.78 is 32.6. The van der Waals surface area contributed by atoms with Gasteiger partial charge in [-0.2, -0.15) is 0 Å². The molecule has 94 heavy (non-hydrogen) atoms. The van der Waals surface area contributed by atoms with E-state index in [-0.39, 0.29) is 110 Å². The van der Waals surface area contributed by atoms with Gasteiger partial charge >= 0.3 is 35.8 Å². The van der Waals surface area contributed by atoms with Crippen LogP contribution >= 0.6 is 35.3 Å². The molecule has 554 valence electrons. The second kappa shape index (κ2) is 69.2. The zero-order valence-corrected chi connectivity index (χ0v) is 64.4. The van der Waals surface area contributed by atoms with Crippen molar-refractivity contribution in [2.75, 3.05) is 137 Å². The summed E-state index contributed by atoms with van der Waals surface area (Å²) in [5, 5.41) is -0.778. The number of likely N-dealkylation sites (N-methyl/N-ethyl adjacent to an activating group) is 3. The number of unbranched alkanes of at least 4 members (excludes halogenated alkanes) is 33. The van der Waals surface area contributed by atoms with E-state index in [2.05, 4.69) is 40.4 Å². The Morgan fingerprint density at radius 2 is 0.457 bits per heavy atom. The molecule has 0 heterocycles. The summed E-state index contributed by atoms with van der Waals surface area (Å²) in [6.07, 6.45) is 47.6. The molecule has 0 amide bonds. The fourth-order valence-corrected chi connectivity index (χ4v) is 13.5. The van der Waals surface area contributed by atoms with E-state index >= 15 is 0 Å². The minimum Gasteiger partial charge on any atom is -0.462 e. The molecule has 19 heteroatoms. The van der Waals surface area contributed by atoms with Crippen LogP contribution < -0.4 is 0 Å². The molecule has 0 aromatic heterocycles. The number of hydrogen-bond donors (Lipinski definition) is 0. The third-order valence-electron chi connectivity index (χ3n) is 17.4. The SMILES string of the molecule is CCCCCCCCCCCCCCSC(C)C(=O)OCCOC(=O)CCN(C)CCN(CCN(C)CCC(=O)OCCOC(=O)C(C)SCCCCCCCCCCCCCC)CCN(C)CCC(=O)OCCOC(=O)C(C)SCCCCCCCCCCCCCC. The van der Waals surface area contributed by atoms with Crippen molar-refractivity contribution in [1.82, 2.24) is 19.6 Å². The van der Waals surface area contributed by atoms with Gasteiger partial charge in [0.25, 0.3) is 0 Å². The first kappa shape index (κ1) is 91.7. The van der Waals surface area contributed by atoms with Crippen LogP contribution in [-0.2, 0) is 57.2 Å². The van der Waals surface area contributed by atoms with Gasteiger partial charge in [-0.3, -0.25) is 33.7 Å². The Hall–Kier alpha value is -2.29. The van der Waals surface area contributed by atoms with Crippen molar-refractivity contribution in [1.29, 1.82) is 0 Å². The number of carbonyl (C=O) groups is 6. The molecule has 0 fully saturated rings. The Morgan fingerprint density at radius 3 is 0.670 bits per heavy atom.